The van der Waals surface area contributed by atoms with Crippen LogP contribution in [0.5, 0.6) is 0 Å². The molecule has 0 saturated heterocycles. The summed E-state index contributed by atoms with van der Waals surface area (Å²) in [6.07, 6.45) is 1.20. The van der Waals surface area contributed by atoms with E-state index < -0.39 is 12.0 Å². The second-order valence-corrected chi connectivity index (χ2v) is 4.41. The molecule has 1 aromatic carbocycles. The standard InChI is InChI=1S/C13H16N2O3/c14-10(13(17)18)5-6-12(16)15-8-7-9-3-1-2-4-11(9)15/h1-4,10H,5-8,14H2,(H,17,18)/t10-/m0/s1. The number of nitrogens with zero attached hydrogens (tertiary/aromatic N) is 1. The Balaban J connectivity index is 1.97. The lowest BCUT2D eigenvalue weighted by Gasteiger charge is -2.17. The fourth-order valence-corrected chi connectivity index (χ4v) is 2.13. The molecule has 0 spiro atoms. The fourth-order valence-electron chi connectivity index (χ4n) is 2.13. The van der Waals surface area contributed by atoms with E-state index >= 15 is 0 Å². The molecule has 96 valence electrons. The highest BCUT2D eigenvalue weighted by Crippen LogP contribution is 2.28. The minimum absolute atomic E-state index is 0.0587. The second kappa shape index (κ2) is 5.18. The molecule has 0 aromatic heterocycles. The maximum absolute atomic E-state index is 12.0. The van der Waals surface area contributed by atoms with E-state index in [0.717, 1.165) is 17.7 Å². The zero-order chi connectivity index (χ0) is 13.1. The number of hydrogen-bond acceptors (Lipinski definition) is 3. The first-order valence-electron chi connectivity index (χ1n) is 5.96. The summed E-state index contributed by atoms with van der Waals surface area (Å²) in [5.41, 5.74) is 7.48. The SMILES string of the molecule is N[C@@H](CCC(=O)N1CCc2ccccc21)C(=O)O. The van der Waals surface area contributed by atoms with Crippen molar-refractivity contribution in [3.8, 4) is 0 Å². The third kappa shape index (κ3) is 2.51. The summed E-state index contributed by atoms with van der Waals surface area (Å²) in [5.74, 6) is -1.12. The van der Waals surface area contributed by atoms with Gasteiger partial charge in [0.15, 0.2) is 0 Å². The molecule has 5 nitrogen and oxygen atoms in total. The van der Waals surface area contributed by atoms with Crippen molar-refractivity contribution in [2.24, 2.45) is 5.73 Å². The Morgan fingerprint density at radius 3 is 2.83 bits per heavy atom. The maximum Gasteiger partial charge on any atom is 0.320 e. The van der Waals surface area contributed by atoms with Crippen LogP contribution in [0.25, 0.3) is 0 Å². The number of aliphatic carboxylic acids is 1. The quantitative estimate of drug-likeness (QED) is 0.824. The molecule has 1 aliphatic rings. The summed E-state index contributed by atoms with van der Waals surface area (Å²) in [6, 6.07) is 6.80. The van der Waals surface area contributed by atoms with Gasteiger partial charge in [-0.05, 0) is 24.5 Å². The van der Waals surface area contributed by atoms with E-state index in [1.165, 1.54) is 0 Å². The summed E-state index contributed by atoms with van der Waals surface area (Å²) >= 11 is 0. The maximum atomic E-state index is 12.0. The van der Waals surface area contributed by atoms with Crippen molar-refractivity contribution in [3.63, 3.8) is 0 Å². The van der Waals surface area contributed by atoms with Crippen LogP contribution < -0.4 is 10.6 Å². The number of nitrogens with two attached hydrogens (primary N) is 1. The smallest absolute Gasteiger partial charge is 0.320 e. The third-order valence-electron chi connectivity index (χ3n) is 3.17. The van der Waals surface area contributed by atoms with E-state index in [4.69, 9.17) is 10.8 Å². The normalized spacial score (nSPS) is 15.3. The molecule has 0 radical (unpaired) electrons. The summed E-state index contributed by atoms with van der Waals surface area (Å²) in [4.78, 5) is 24.3. The predicted molar refractivity (Wildman–Crippen MR) is 67.3 cm³/mol. The Bertz CT molecular complexity index is 473. The van der Waals surface area contributed by atoms with E-state index in [2.05, 4.69) is 0 Å². The van der Waals surface area contributed by atoms with Crippen LogP contribution in [-0.4, -0.2) is 29.6 Å². The van der Waals surface area contributed by atoms with Gasteiger partial charge in [-0.2, -0.15) is 0 Å². The van der Waals surface area contributed by atoms with Gasteiger partial charge in [-0.3, -0.25) is 9.59 Å². The molecule has 2 rings (SSSR count). The van der Waals surface area contributed by atoms with Crippen LogP contribution in [0.3, 0.4) is 0 Å². The number of carbonyl (C=O) groups excluding carboxylic acids is 1. The van der Waals surface area contributed by atoms with Crippen LogP contribution in [0.4, 0.5) is 5.69 Å². The van der Waals surface area contributed by atoms with Crippen LogP contribution >= 0.6 is 0 Å². The number of fused-ring (bicyclic) bond motifs is 1. The van der Waals surface area contributed by atoms with E-state index in [1.54, 1.807) is 4.90 Å². The fraction of sp³-hybridized carbons (Fsp3) is 0.385. The lowest BCUT2D eigenvalue weighted by Crippen LogP contribution is -2.34. The van der Waals surface area contributed by atoms with E-state index in [-0.39, 0.29) is 18.7 Å². The highest BCUT2D eigenvalue weighted by Gasteiger charge is 2.24. The first-order valence-corrected chi connectivity index (χ1v) is 5.96. The Labute approximate surface area is 105 Å². The van der Waals surface area contributed by atoms with Crippen LogP contribution in [0.1, 0.15) is 18.4 Å². The Morgan fingerprint density at radius 2 is 2.11 bits per heavy atom. The van der Waals surface area contributed by atoms with Gasteiger partial charge < -0.3 is 15.7 Å². The molecule has 1 aromatic rings. The van der Waals surface area contributed by atoms with Crippen LogP contribution in [0, 0.1) is 0 Å². The second-order valence-electron chi connectivity index (χ2n) is 4.41. The summed E-state index contributed by atoms with van der Waals surface area (Å²) in [7, 11) is 0. The third-order valence-corrected chi connectivity index (χ3v) is 3.17. The van der Waals surface area contributed by atoms with Crippen molar-refractivity contribution in [1.82, 2.24) is 0 Å². The van der Waals surface area contributed by atoms with Gasteiger partial charge in [0.05, 0.1) is 0 Å². The molecule has 0 fully saturated rings. The van der Waals surface area contributed by atoms with Crippen LogP contribution in [0.2, 0.25) is 0 Å². The predicted octanol–water partition coefficient (Wildman–Crippen LogP) is 0.768. The molecule has 0 aliphatic carbocycles. The lowest BCUT2D eigenvalue weighted by atomic mass is 10.1. The molecule has 0 unspecified atom stereocenters. The van der Waals surface area contributed by atoms with Gasteiger partial charge in [0.2, 0.25) is 5.91 Å². The molecule has 3 N–H and O–H groups in total. The molecular weight excluding hydrogens is 232 g/mol. The largest absolute Gasteiger partial charge is 0.480 e. The molecule has 1 heterocycles. The Hall–Kier alpha value is -1.88. The monoisotopic (exact) mass is 248 g/mol. The van der Waals surface area contributed by atoms with E-state index in [1.807, 2.05) is 24.3 Å². The van der Waals surface area contributed by atoms with Gasteiger partial charge >= 0.3 is 5.97 Å². The molecule has 0 bridgehead atoms. The molecule has 1 amide bonds. The average molecular weight is 248 g/mol. The van der Waals surface area contributed by atoms with Crippen molar-refractivity contribution in [1.29, 1.82) is 0 Å². The summed E-state index contributed by atoms with van der Waals surface area (Å²) in [5, 5.41) is 8.67. The van der Waals surface area contributed by atoms with Gasteiger partial charge in [0, 0.05) is 18.7 Å². The zero-order valence-electron chi connectivity index (χ0n) is 10.0. The van der Waals surface area contributed by atoms with Gasteiger partial charge in [0.25, 0.3) is 0 Å². The number of carboxylic acid groups (broad SMARTS) is 1. The molecule has 5 heteroatoms. The van der Waals surface area contributed by atoms with Gasteiger partial charge in [-0.1, -0.05) is 18.2 Å². The highest BCUT2D eigenvalue weighted by molar-refractivity contribution is 5.95. The Morgan fingerprint density at radius 1 is 1.39 bits per heavy atom. The highest BCUT2D eigenvalue weighted by atomic mass is 16.4. The van der Waals surface area contributed by atoms with E-state index in [0.29, 0.717) is 6.54 Å². The zero-order valence-corrected chi connectivity index (χ0v) is 10.0. The summed E-state index contributed by atoms with van der Waals surface area (Å²) < 4.78 is 0. The van der Waals surface area contributed by atoms with Crippen molar-refractivity contribution >= 4 is 17.6 Å². The number of hydrogen-bond donors (Lipinski definition) is 2. The lowest BCUT2D eigenvalue weighted by molar-refractivity contribution is -0.138. The topological polar surface area (TPSA) is 83.6 Å². The number of anilines is 1. The van der Waals surface area contributed by atoms with Crippen molar-refractivity contribution in [2.45, 2.75) is 25.3 Å². The van der Waals surface area contributed by atoms with Crippen LogP contribution in [0.15, 0.2) is 24.3 Å². The van der Waals surface area contributed by atoms with Gasteiger partial charge in [-0.15, -0.1) is 0 Å². The van der Waals surface area contributed by atoms with Gasteiger partial charge in [0.1, 0.15) is 6.04 Å². The molecular formula is C13H16N2O3. The molecule has 0 saturated carbocycles. The minimum Gasteiger partial charge on any atom is -0.480 e. The minimum atomic E-state index is -1.07. The average Bonchev–Trinajstić information content (AvgIpc) is 2.79. The molecule has 18 heavy (non-hydrogen) atoms. The van der Waals surface area contributed by atoms with Crippen molar-refractivity contribution in [2.75, 3.05) is 11.4 Å². The van der Waals surface area contributed by atoms with Crippen LogP contribution in [-0.2, 0) is 16.0 Å². The van der Waals surface area contributed by atoms with Crippen molar-refractivity contribution < 1.29 is 14.7 Å². The van der Waals surface area contributed by atoms with Crippen molar-refractivity contribution in [3.05, 3.63) is 29.8 Å². The first kappa shape index (κ1) is 12.6. The number of carboxylic acids is 1. The molecule has 1 aliphatic heterocycles. The Kier molecular flexibility index (Phi) is 3.62. The number of amides is 1. The number of rotatable bonds is 4. The van der Waals surface area contributed by atoms with Gasteiger partial charge in [-0.25, -0.2) is 0 Å². The summed E-state index contributed by atoms with van der Waals surface area (Å²) in [6.45, 7) is 0.667. The first-order chi connectivity index (χ1) is 8.59. The number of benzene rings is 1. The number of para-hydroxylation sites is 1. The van der Waals surface area contributed by atoms with E-state index in [9.17, 15) is 9.59 Å². The number of carbonyl (C=O) groups is 2. The molecule has 1 atom stereocenters.